The smallest absolute Gasteiger partial charge is 0.146 e. The predicted octanol–water partition coefficient (Wildman–Crippen LogP) is 3.74. The fraction of sp³-hybridized carbons (Fsp3) is 0.250. The number of rotatable bonds is 4. The van der Waals surface area contributed by atoms with Crippen LogP contribution in [-0.2, 0) is 6.54 Å². The molecular weight excluding hydrogens is 239 g/mol. The van der Waals surface area contributed by atoms with Crippen LogP contribution in [-0.4, -0.2) is 6.54 Å². The van der Waals surface area contributed by atoms with Crippen LogP contribution in [0.2, 0.25) is 0 Å². The van der Waals surface area contributed by atoms with E-state index in [1.165, 1.54) is 11.6 Å². The zero-order chi connectivity index (χ0) is 13.8. The number of nitrogens with two attached hydrogens (primary N) is 1. The van der Waals surface area contributed by atoms with Crippen molar-refractivity contribution in [2.75, 3.05) is 17.2 Å². The van der Waals surface area contributed by atoms with Crippen molar-refractivity contribution in [2.45, 2.75) is 20.4 Å². The van der Waals surface area contributed by atoms with Crippen molar-refractivity contribution in [3.8, 4) is 0 Å². The van der Waals surface area contributed by atoms with Gasteiger partial charge in [-0.3, -0.25) is 0 Å². The number of hydrogen-bond acceptors (Lipinski definition) is 2. The minimum absolute atomic E-state index is 0.197. The van der Waals surface area contributed by atoms with Crippen LogP contribution in [0.25, 0.3) is 0 Å². The first-order valence-corrected chi connectivity index (χ1v) is 6.45. The summed E-state index contributed by atoms with van der Waals surface area (Å²) in [6.07, 6.45) is 0. The second-order valence-electron chi connectivity index (χ2n) is 4.71. The van der Waals surface area contributed by atoms with Gasteiger partial charge in [0.15, 0.2) is 0 Å². The number of hydrogen-bond donors (Lipinski definition) is 1. The molecule has 0 aliphatic heterocycles. The molecule has 2 rings (SSSR count). The lowest BCUT2D eigenvalue weighted by Crippen LogP contribution is -2.22. The molecule has 100 valence electrons. The van der Waals surface area contributed by atoms with Gasteiger partial charge < -0.3 is 10.6 Å². The summed E-state index contributed by atoms with van der Waals surface area (Å²) in [5.41, 5.74) is 8.99. The zero-order valence-electron chi connectivity index (χ0n) is 11.4. The van der Waals surface area contributed by atoms with Gasteiger partial charge >= 0.3 is 0 Å². The Morgan fingerprint density at radius 1 is 1.16 bits per heavy atom. The molecule has 0 atom stereocenters. The molecule has 0 spiro atoms. The molecule has 0 fully saturated rings. The second-order valence-corrected chi connectivity index (χ2v) is 4.71. The van der Waals surface area contributed by atoms with Crippen molar-refractivity contribution in [1.29, 1.82) is 0 Å². The van der Waals surface area contributed by atoms with Crippen LogP contribution in [0.5, 0.6) is 0 Å². The van der Waals surface area contributed by atoms with Gasteiger partial charge in [0.05, 0.1) is 5.69 Å². The average Bonchev–Trinajstić information content (AvgIpc) is 2.40. The molecule has 0 aromatic heterocycles. The second kappa shape index (κ2) is 5.74. The van der Waals surface area contributed by atoms with E-state index in [0.29, 0.717) is 6.54 Å². The number of halogens is 1. The van der Waals surface area contributed by atoms with Crippen LogP contribution in [0, 0.1) is 12.7 Å². The Morgan fingerprint density at radius 3 is 2.58 bits per heavy atom. The van der Waals surface area contributed by atoms with E-state index in [4.69, 9.17) is 5.73 Å². The zero-order valence-corrected chi connectivity index (χ0v) is 11.4. The van der Waals surface area contributed by atoms with Crippen molar-refractivity contribution < 1.29 is 4.39 Å². The minimum atomic E-state index is -0.349. The van der Waals surface area contributed by atoms with E-state index in [2.05, 4.69) is 36.9 Å². The van der Waals surface area contributed by atoms with Gasteiger partial charge in [0.25, 0.3) is 0 Å². The van der Waals surface area contributed by atoms with Crippen molar-refractivity contribution >= 4 is 11.4 Å². The quantitative estimate of drug-likeness (QED) is 0.846. The fourth-order valence-corrected chi connectivity index (χ4v) is 2.10. The summed E-state index contributed by atoms with van der Waals surface area (Å²) < 4.78 is 13.5. The molecule has 0 heterocycles. The minimum Gasteiger partial charge on any atom is -0.396 e. The summed E-state index contributed by atoms with van der Waals surface area (Å²) in [6.45, 7) is 5.71. The van der Waals surface area contributed by atoms with Crippen LogP contribution < -0.4 is 10.6 Å². The van der Waals surface area contributed by atoms with Gasteiger partial charge in [0.1, 0.15) is 5.82 Å². The predicted molar refractivity (Wildman–Crippen MR) is 78.7 cm³/mol. The fourth-order valence-electron chi connectivity index (χ4n) is 2.10. The van der Waals surface area contributed by atoms with E-state index in [1.807, 2.05) is 12.1 Å². The van der Waals surface area contributed by atoms with Crippen LogP contribution >= 0.6 is 0 Å². The van der Waals surface area contributed by atoms with E-state index in [1.54, 1.807) is 6.07 Å². The van der Waals surface area contributed by atoms with Gasteiger partial charge in [-0.05, 0) is 49.2 Å². The van der Waals surface area contributed by atoms with E-state index in [0.717, 1.165) is 17.8 Å². The van der Waals surface area contributed by atoms with Crippen molar-refractivity contribution in [1.82, 2.24) is 0 Å². The number of aryl methyl sites for hydroxylation is 1. The third-order valence-electron chi connectivity index (χ3n) is 3.19. The molecule has 2 aromatic carbocycles. The van der Waals surface area contributed by atoms with Gasteiger partial charge in [0, 0.05) is 18.8 Å². The summed E-state index contributed by atoms with van der Waals surface area (Å²) in [4.78, 5) is 2.21. The van der Waals surface area contributed by atoms with E-state index in [-0.39, 0.29) is 11.5 Å². The molecule has 3 heteroatoms. The Bertz CT molecular complexity index is 566. The SMILES string of the molecule is CCN(Cc1ccc(N)c(F)c1)c1cccc(C)c1. The molecule has 0 bridgehead atoms. The highest BCUT2D eigenvalue weighted by molar-refractivity contribution is 5.49. The van der Waals surface area contributed by atoms with Crippen molar-refractivity contribution in [2.24, 2.45) is 0 Å². The van der Waals surface area contributed by atoms with Crippen LogP contribution in [0.1, 0.15) is 18.1 Å². The van der Waals surface area contributed by atoms with Gasteiger partial charge in [-0.2, -0.15) is 0 Å². The summed E-state index contributed by atoms with van der Waals surface area (Å²) in [6, 6.07) is 13.3. The van der Waals surface area contributed by atoms with Gasteiger partial charge in [-0.1, -0.05) is 18.2 Å². The summed E-state index contributed by atoms with van der Waals surface area (Å²) in [7, 11) is 0. The highest BCUT2D eigenvalue weighted by Crippen LogP contribution is 2.20. The first kappa shape index (κ1) is 13.4. The Balaban J connectivity index is 2.21. The first-order chi connectivity index (χ1) is 9.10. The number of nitrogen functional groups attached to an aromatic ring is 1. The molecular formula is C16H19FN2. The summed E-state index contributed by atoms with van der Waals surface area (Å²) >= 11 is 0. The van der Waals surface area contributed by atoms with Crippen molar-refractivity contribution in [3.05, 3.63) is 59.4 Å². The van der Waals surface area contributed by atoms with E-state index in [9.17, 15) is 4.39 Å². The highest BCUT2D eigenvalue weighted by atomic mass is 19.1. The van der Waals surface area contributed by atoms with Gasteiger partial charge in [-0.15, -0.1) is 0 Å². The number of benzene rings is 2. The maximum Gasteiger partial charge on any atom is 0.146 e. The molecule has 0 amide bonds. The number of nitrogens with zero attached hydrogens (tertiary/aromatic N) is 1. The van der Waals surface area contributed by atoms with Crippen LogP contribution in [0.3, 0.4) is 0 Å². The summed E-state index contributed by atoms with van der Waals surface area (Å²) in [5, 5.41) is 0. The molecule has 19 heavy (non-hydrogen) atoms. The average molecular weight is 258 g/mol. The lowest BCUT2D eigenvalue weighted by molar-refractivity contribution is 0.629. The van der Waals surface area contributed by atoms with Crippen molar-refractivity contribution in [3.63, 3.8) is 0 Å². The maximum atomic E-state index is 13.5. The molecule has 2 nitrogen and oxygen atoms in total. The molecule has 0 aliphatic rings. The largest absolute Gasteiger partial charge is 0.396 e. The third kappa shape index (κ3) is 3.25. The van der Waals surface area contributed by atoms with E-state index < -0.39 is 0 Å². The first-order valence-electron chi connectivity index (χ1n) is 6.45. The monoisotopic (exact) mass is 258 g/mol. The Hall–Kier alpha value is -2.03. The normalized spacial score (nSPS) is 10.5. The van der Waals surface area contributed by atoms with Crippen LogP contribution in [0.15, 0.2) is 42.5 Å². The molecule has 2 aromatic rings. The number of anilines is 2. The summed E-state index contributed by atoms with van der Waals surface area (Å²) in [5.74, 6) is -0.349. The van der Waals surface area contributed by atoms with E-state index >= 15 is 0 Å². The standard InChI is InChI=1S/C16H19FN2/c1-3-19(14-6-4-5-12(2)9-14)11-13-7-8-16(18)15(17)10-13/h4-10H,3,11,18H2,1-2H3. The Kier molecular flexibility index (Phi) is 4.05. The molecule has 0 saturated heterocycles. The highest BCUT2D eigenvalue weighted by Gasteiger charge is 2.07. The molecule has 0 aliphatic carbocycles. The van der Waals surface area contributed by atoms with Gasteiger partial charge in [-0.25, -0.2) is 4.39 Å². The van der Waals surface area contributed by atoms with Crippen LogP contribution in [0.4, 0.5) is 15.8 Å². The third-order valence-corrected chi connectivity index (χ3v) is 3.19. The lowest BCUT2D eigenvalue weighted by atomic mass is 10.1. The molecule has 0 unspecified atom stereocenters. The topological polar surface area (TPSA) is 29.3 Å². The Morgan fingerprint density at radius 2 is 1.95 bits per heavy atom. The molecule has 0 radical (unpaired) electrons. The Labute approximate surface area is 113 Å². The lowest BCUT2D eigenvalue weighted by Gasteiger charge is -2.23. The molecule has 2 N–H and O–H groups in total. The molecule has 0 saturated carbocycles. The maximum absolute atomic E-state index is 13.5. The van der Waals surface area contributed by atoms with Gasteiger partial charge in [0.2, 0.25) is 0 Å².